The third-order valence-electron chi connectivity index (χ3n) is 11.1. The number of nitrogens with zero attached hydrogens (tertiary/aromatic N) is 1. The summed E-state index contributed by atoms with van der Waals surface area (Å²) in [7, 11) is 0. The number of fused-ring (bicyclic) bond motifs is 5. The topological polar surface area (TPSA) is 75.7 Å². The number of aliphatic hydroxyl groups is 2. The molecule has 1 aromatic heterocycles. The van der Waals surface area contributed by atoms with E-state index in [1.54, 1.807) is 6.20 Å². The van der Waals surface area contributed by atoms with Crippen LogP contribution in [-0.2, 0) is 11.3 Å². The van der Waals surface area contributed by atoms with Crippen molar-refractivity contribution in [2.24, 2.45) is 40.4 Å². The predicted molar refractivity (Wildman–Crippen MR) is 148 cm³/mol. The van der Waals surface area contributed by atoms with Crippen molar-refractivity contribution in [3.63, 3.8) is 0 Å². The zero-order valence-electron chi connectivity index (χ0n) is 24.3. The smallest absolute Gasteiger partial charge is 0.162 e. The molecule has 0 bridgehead atoms. The first-order valence-corrected chi connectivity index (χ1v) is 15.3. The van der Waals surface area contributed by atoms with Crippen LogP contribution in [0.4, 0.5) is 0 Å². The molecule has 1 aromatic rings. The van der Waals surface area contributed by atoms with Crippen LogP contribution in [0.5, 0.6) is 0 Å². The lowest BCUT2D eigenvalue weighted by molar-refractivity contribution is -0.101. The van der Waals surface area contributed by atoms with Crippen molar-refractivity contribution in [2.75, 3.05) is 0 Å². The zero-order valence-corrected chi connectivity index (χ0v) is 24.3. The van der Waals surface area contributed by atoms with Crippen molar-refractivity contribution in [3.8, 4) is 0 Å². The van der Waals surface area contributed by atoms with E-state index in [0.29, 0.717) is 29.6 Å². The van der Waals surface area contributed by atoms with Crippen molar-refractivity contribution in [1.82, 2.24) is 5.16 Å². The maximum Gasteiger partial charge on any atom is 0.162 e. The minimum atomic E-state index is -0.519. The standard InChI is InChI=1S/C30H47NO4.C2H6/c1-19(2)26(32)7-5-6-20-8-10-23-22-9-11-25-28(33)27(34-18-21-14-17-31-35-21)13-16-30(25,4)24(22)12-15-29(20,23)3;1-2/h11,14,17,19-20,22-24,26-28,32-33H,5-10,12-13,15-16,18H2,1-4H3;1-2H3. The highest BCUT2D eigenvalue weighted by Gasteiger charge is 2.59. The van der Waals surface area contributed by atoms with Crippen LogP contribution < -0.4 is 0 Å². The Morgan fingerprint density at radius 3 is 2.59 bits per heavy atom. The molecule has 5 nitrogen and oxygen atoms in total. The van der Waals surface area contributed by atoms with Crippen LogP contribution in [0, 0.1) is 40.4 Å². The van der Waals surface area contributed by atoms with Crippen molar-refractivity contribution in [1.29, 1.82) is 0 Å². The van der Waals surface area contributed by atoms with Gasteiger partial charge >= 0.3 is 0 Å². The number of hydrogen-bond donors (Lipinski definition) is 2. The molecule has 0 amide bonds. The normalized spacial score (nSPS) is 39.6. The summed E-state index contributed by atoms with van der Waals surface area (Å²) in [5, 5.41) is 25.4. The largest absolute Gasteiger partial charge is 0.393 e. The van der Waals surface area contributed by atoms with Gasteiger partial charge in [0, 0.05) is 6.07 Å². The molecule has 210 valence electrons. The molecule has 0 radical (unpaired) electrons. The Kier molecular flexibility index (Phi) is 9.29. The third-order valence-corrected chi connectivity index (χ3v) is 11.1. The van der Waals surface area contributed by atoms with E-state index in [-0.39, 0.29) is 17.6 Å². The van der Waals surface area contributed by atoms with Gasteiger partial charge in [0.25, 0.3) is 0 Å². The van der Waals surface area contributed by atoms with Gasteiger partial charge in [-0.05, 0) is 104 Å². The van der Waals surface area contributed by atoms with Crippen molar-refractivity contribution >= 4 is 0 Å². The Bertz CT molecular complexity index is 881. The van der Waals surface area contributed by atoms with Gasteiger partial charge in [-0.1, -0.05) is 59.2 Å². The van der Waals surface area contributed by atoms with Crippen LogP contribution in [0.1, 0.15) is 112 Å². The molecule has 2 N–H and O–H groups in total. The third kappa shape index (κ3) is 5.47. The highest BCUT2D eigenvalue weighted by Crippen LogP contribution is 2.66. The second-order valence-electron chi connectivity index (χ2n) is 13.1. The quantitative estimate of drug-likeness (QED) is 0.355. The van der Waals surface area contributed by atoms with Crippen LogP contribution in [-0.4, -0.2) is 33.7 Å². The molecule has 3 fully saturated rings. The summed E-state index contributed by atoms with van der Waals surface area (Å²) >= 11 is 0. The summed E-state index contributed by atoms with van der Waals surface area (Å²) in [6.07, 6.45) is 15.0. The molecule has 5 rings (SSSR count). The first kappa shape index (κ1) is 28.8. The van der Waals surface area contributed by atoms with Crippen LogP contribution in [0.3, 0.4) is 0 Å². The summed E-state index contributed by atoms with van der Waals surface area (Å²) in [4.78, 5) is 0. The monoisotopic (exact) mass is 515 g/mol. The average molecular weight is 516 g/mol. The van der Waals surface area contributed by atoms with Crippen molar-refractivity contribution in [2.45, 2.75) is 131 Å². The minimum Gasteiger partial charge on any atom is -0.393 e. The Morgan fingerprint density at radius 1 is 1.11 bits per heavy atom. The van der Waals surface area contributed by atoms with E-state index in [0.717, 1.165) is 49.9 Å². The van der Waals surface area contributed by atoms with E-state index < -0.39 is 6.10 Å². The fourth-order valence-corrected chi connectivity index (χ4v) is 8.88. The molecule has 5 heteroatoms. The van der Waals surface area contributed by atoms with Gasteiger partial charge in [-0.2, -0.15) is 0 Å². The second kappa shape index (κ2) is 11.9. The fourth-order valence-electron chi connectivity index (χ4n) is 8.88. The molecule has 9 atom stereocenters. The van der Waals surface area contributed by atoms with Gasteiger partial charge < -0.3 is 19.5 Å². The first-order chi connectivity index (χ1) is 17.7. The maximum absolute atomic E-state index is 11.3. The number of aliphatic hydroxyl groups excluding tert-OH is 2. The lowest BCUT2D eigenvalue weighted by atomic mass is 9.47. The summed E-state index contributed by atoms with van der Waals surface area (Å²) in [6.45, 7) is 13.6. The molecule has 3 saturated carbocycles. The average Bonchev–Trinajstić information content (AvgIpc) is 3.52. The Balaban J connectivity index is 0.00000156. The highest BCUT2D eigenvalue weighted by atomic mass is 16.5. The van der Waals surface area contributed by atoms with Gasteiger partial charge in [-0.25, -0.2) is 0 Å². The molecule has 9 unspecified atom stereocenters. The summed E-state index contributed by atoms with van der Waals surface area (Å²) in [5.41, 5.74) is 1.78. The van der Waals surface area contributed by atoms with Crippen LogP contribution in [0.15, 0.2) is 28.4 Å². The van der Waals surface area contributed by atoms with E-state index >= 15 is 0 Å². The Labute approximate surface area is 225 Å². The minimum absolute atomic E-state index is 0.0925. The van der Waals surface area contributed by atoms with Crippen LogP contribution >= 0.6 is 0 Å². The second-order valence-corrected chi connectivity index (χ2v) is 13.1. The SMILES string of the molecule is CC.CC(C)C(O)CCCC1CCC2C3CC=C4C(O)C(OCc5ccno5)CCC4(C)C3CCC12C. The maximum atomic E-state index is 11.3. The van der Waals surface area contributed by atoms with Crippen LogP contribution in [0.25, 0.3) is 0 Å². The fraction of sp³-hybridized carbons (Fsp3) is 0.844. The first-order valence-electron chi connectivity index (χ1n) is 15.3. The number of ether oxygens (including phenoxy) is 1. The number of aromatic nitrogens is 1. The molecule has 4 aliphatic carbocycles. The predicted octanol–water partition coefficient (Wildman–Crippen LogP) is 7.32. The molecule has 0 aromatic carbocycles. The lowest BCUT2D eigenvalue weighted by Gasteiger charge is -2.59. The Morgan fingerprint density at radius 2 is 1.89 bits per heavy atom. The van der Waals surface area contributed by atoms with E-state index in [1.807, 2.05) is 19.9 Å². The molecule has 1 heterocycles. The molecule has 0 aliphatic heterocycles. The van der Waals surface area contributed by atoms with E-state index in [4.69, 9.17) is 9.26 Å². The van der Waals surface area contributed by atoms with Gasteiger partial charge in [-0.3, -0.25) is 0 Å². The molecule has 4 aliphatic rings. The molecule has 0 saturated heterocycles. The molecular weight excluding hydrogens is 462 g/mol. The summed E-state index contributed by atoms with van der Waals surface area (Å²) < 4.78 is 11.3. The van der Waals surface area contributed by atoms with Crippen molar-refractivity contribution < 1.29 is 19.5 Å². The number of rotatable bonds is 8. The van der Waals surface area contributed by atoms with Gasteiger partial charge in [0.2, 0.25) is 0 Å². The number of allylic oxidation sites excluding steroid dienone is 1. The number of hydrogen-bond acceptors (Lipinski definition) is 5. The summed E-state index contributed by atoms with van der Waals surface area (Å²) in [6, 6.07) is 1.82. The van der Waals surface area contributed by atoms with Crippen molar-refractivity contribution in [3.05, 3.63) is 29.7 Å². The highest BCUT2D eigenvalue weighted by molar-refractivity contribution is 5.29. The summed E-state index contributed by atoms with van der Waals surface area (Å²) in [5.74, 6) is 4.09. The van der Waals surface area contributed by atoms with Gasteiger partial charge in [0.1, 0.15) is 12.7 Å². The van der Waals surface area contributed by atoms with Gasteiger partial charge in [0.15, 0.2) is 5.76 Å². The molecular formula is C32H53NO4. The Hall–Kier alpha value is -1.17. The van der Waals surface area contributed by atoms with Crippen LogP contribution in [0.2, 0.25) is 0 Å². The molecule has 37 heavy (non-hydrogen) atoms. The van der Waals surface area contributed by atoms with E-state index in [9.17, 15) is 10.2 Å². The lowest BCUT2D eigenvalue weighted by Crippen LogP contribution is -2.54. The molecule has 0 spiro atoms. The van der Waals surface area contributed by atoms with Gasteiger partial charge in [-0.15, -0.1) is 0 Å². The van der Waals surface area contributed by atoms with E-state index in [2.05, 4.69) is 38.9 Å². The van der Waals surface area contributed by atoms with Gasteiger partial charge in [0.05, 0.1) is 18.4 Å². The van der Waals surface area contributed by atoms with E-state index in [1.165, 1.54) is 37.7 Å². The zero-order chi connectivity index (χ0) is 26.8.